The number of H-pyrrole nitrogens is 1. The van der Waals surface area contributed by atoms with Crippen molar-refractivity contribution >= 4 is 22.4 Å². The first-order chi connectivity index (χ1) is 14.2. The summed E-state index contributed by atoms with van der Waals surface area (Å²) in [6.07, 6.45) is 1.71. The Bertz CT molecular complexity index is 1210. The number of hydrogen-bond donors (Lipinski definition) is 2. The summed E-state index contributed by atoms with van der Waals surface area (Å²) in [4.78, 5) is 16.7. The maximum absolute atomic E-state index is 13.6. The topological polar surface area (TPSA) is 77.9 Å². The van der Waals surface area contributed by atoms with Crippen molar-refractivity contribution in [3.8, 4) is 11.8 Å². The fourth-order valence-electron chi connectivity index (χ4n) is 3.37. The molecule has 1 unspecified atom stereocenters. The summed E-state index contributed by atoms with van der Waals surface area (Å²) in [6, 6.07) is 23.9. The van der Waals surface area contributed by atoms with Gasteiger partial charge in [-0.25, -0.2) is 0 Å². The van der Waals surface area contributed by atoms with E-state index in [2.05, 4.69) is 16.4 Å². The molecule has 5 nitrogen and oxygen atoms in total. The standard InChI is InChI=1S/C24H19N3O2/c1-29-19-9-5-8-18(13-19)27-23(17-6-3-2-4-7-17)24(28)21-15-26-22-11-10-16(14-25)12-20(21)22/h2-13,15,23,26-27H,1H3. The van der Waals surface area contributed by atoms with Gasteiger partial charge in [0.2, 0.25) is 0 Å². The van der Waals surface area contributed by atoms with E-state index in [1.165, 1.54) is 0 Å². The fourth-order valence-corrected chi connectivity index (χ4v) is 3.37. The summed E-state index contributed by atoms with van der Waals surface area (Å²) in [7, 11) is 1.61. The Balaban J connectivity index is 1.77. The van der Waals surface area contributed by atoms with Crippen molar-refractivity contribution in [2.24, 2.45) is 0 Å². The summed E-state index contributed by atoms with van der Waals surface area (Å²) < 4.78 is 5.30. The molecule has 0 saturated carbocycles. The highest BCUT2D eigenvalue weighted by Gasteiger charge is 2.24. The predicted molar refractivity (Wildman–Crippen MR) is 113 cm³/mol. The molecule has 1 aromatic heterocycles. The van der Waals surface area contributed by atoms with Crippen molar-refractivity contribution in [2.45, 2.75) is 6.04 Å². The average molecular weight is 381 g/mol. The Labute approximate surface area is 168 Å². The number of carbonyl (C=O) groups is 1. The highest BCUT2D eigenvalue weighted by atomic mass is 16.5. The van der Waals surface area contributed by atoms with E-state index in [4.69, 9.17) is 4.74 Å². The van der Waals surface area contributed by atoms with Crippen molar-refractivity contribution in [2.75, 3.05) is 12.4 Å². The van der Waals surface area contributed by atoms with Crippen LogP contribution in [0.15, 0.2) is 79.0 Å². The van der Waals surface area contributed by atoms with Crippen molar-refractivity contribution in [1.82, 2.24) is 4.98 Å². The Morgan fingerprint density at radius 2 is 1.90 bits per heavy atom. The summed E-state index contributed by atoms with van der Waals surface area (Å²) in [5.74, 6) is 0.625. The molecule has 1 atom stereocenters. The van der Waals surface area contributed by atoms with E-state index in [1.807, 2.05) is 60.7 Å². The third-order valence-electron chi connectivity index (χ3n) is 4.85. The van der Waals surface area contributed by atoms with E-state index in [9.17, 15) is 10.1 Å². The molecule has 3 aromatic carbocycles. The maximum Gasteiger partial charge on any atom is 0.191 e. The van der Waals surface area contributed by atoms with Crippen molar-refractivity contribution in [1.29, 1.82) is 5.26 Å². The Morgan fingerprint density at radius 3 is 2.66 bits per heavy atom. The molecule has 1 heterocycles. The van der Waals surface area contributed by atoms with Gasteiger partial charge in [0.05, 0.1) is 18.7 Å². The molecule has 0 bridgehead atoms. The number of nitrogens with one attached hydrogen (secondary N) is 2. The van der Waals surface area contributed by atoms with Crippen molar-refractivity contribution in [3.05, 3.63) is 95.7 Å². The van der Waals surface area contributed by atoms with Crippen LogP contribution in [0.5, 0.6) is 5.75 Å². The van der Waals surface area contributed by atoms with E-state index >= 15 is 0 Å². The van der Waals surface area contributed by atoms with Crippen LogP contribution in [-0.2, 0) is 0 Å². The second-order valence-corrected chi connectivity index (χ2v) is 6.66. The highest BCUT2D eigenvalue weighted by Crippen LogP contribution is 2.29. The molecule has 0 amide bonds. The zero-order valence-electron chi connectivity index (χ0n) is 15.8. The summed E-state index contributed by atoms with van der Waals surface area (Å²) >= 11 is 0. The zero-order valence-corrected chi connectivity index (χ0v) is 15.8. The van der Waals surface area contributed by atoms with Crippen LogP contribution in [0.4, 0.5) is 5.69 Å². The smallest absolute Gasteiger partial charge is 0.191 e. The van der Waals surface area contributed by atoms with Crippen LogP contribution in [0.3, 0.4) is 0 Å². The lowest BCUT2D eigenvalue weighted by molar-refractivity contribution is 0.0971. The highest BCUT2D eigenvalue weighted by molar-refractivity contribution is 6.11. The molecule has 0 spiro atoms. The van der Waals surface area contributed by atoms with Crippen LogP contribution in [0.1, 0.15) is 27.5 Å². The molecule has 5 heteroatoms. The summed E-state index contributed by atoms with van der Waals surface area (Å²) in [6.45, 7) is 0. The molecule has 142 valence electrons. The number of fused-ring (bicyclic) bond motifs is 1. The van der Waals surface area contributed by atoms with Crippen LogP contribution in [0.25, 0.3) is 10.9 Å². The second-order valence-electron chi connectivity index (χ2n) is 6.66. The summed E-state index contributed by atoms with van der Waals surface area (Å²) in [5.41, 5.74) is 3.51. The molecule has 0 fully saturated rings. The van der Waals surface area contributed by atoms with Crippen molar-refractivity contribution in [3.63, 3.8) is 0 Å². The van der Waals surface area contributed by atoms with Gasteiger partial charge in [-0.2, -0.15) is 5.26 Å². The lowest BCUT2D eigenvalue weighted by Gasteiger charge is -2.19. The number of ether oxygens (including phenoxy) is 1. The Kier molecular flexibility index (Phi) is 5.00. The number of methoxy groups -OCH3 is 1. The maximum atomic E-state index is 13.6. The Morgan fingerprint density at radius 1 is 1.07 bits per heavy atom. The third kappa shape index (κ3) is 3.69. The molecule has 4 rings (SSSR count). The van der Waals surface area contributed by atoms with E-state index < -0.39 is 6.04 Å². The molecule has 4 aromatic rings. The van der Waals surface area contributed by atoms with Crippen LogP contribution in [0.2, 0.25) is 0 Å². The zero-order chi connectivity index (χ0) is 20.2. The molecule has 0 saturated heterocycles. The molecule has 29 heavy (non-hydrogen) atoms. The quantitative estimate of drug-likeness (QED) is 0.456. The minimum Gasteiger partial charge on any atom is -0.497 e. The average Bonchev–Trinajstić information content (AvgIpc) is 3.21. The SMILES string of the molecule is COc1cccc(NC(C(=O)c2c[nH]c3ccc(C#N)cc23)c2ccccc2)c1. The third-order valence-corrected chi connectivity index (χ3v) is 4.85. The van der Waals surface area contributed by atoms with Gasteiger partial charge in [-0.15, -0.1) is 0 Å². The first-order valence-electron chi connectivity index (χ1n) is 9.20. The minimum atomic E-state index is -0.590. The summed E-state index contributed by atoms with van der Waals surface area (Å²) in [5, 5.41) is 13.3. The molecular weight excluding hydrogens is 362 g/mol. The lowest BCUT2D eigenvalue weighted by atomic mass is 9.96. The van der Waals surface area contributed by atoms with Gasteiger partial charge in [0.25, 0.3) is 0 Å². The van der Waals surface area contributed by atoms with Gasteiger partial charge in [-0.3, -0.25) is 4.79 Å². The van der Waals surface area contributed by atoms with Crippen LogP contribution in [0, 0.1) is 11.3 Å². The van der Waals surface area contributed by atoms with Gasteiger partial charge in [-0.05, 0) is 35.9 Å². The van der Waals surface area contributed by atoms with E-state index in [0.717, 1.165) is 22.2 Å². The number of nitrogens with zero attached hydrogens (tertiary/aromatic N) is 1. The number of aromatic amines is 1. The van der Waals surface area contributed by atoms with Crippen molar-refractivity contribution < 1.29 is 9.53 Å². The van der Waals surface area contributed by atoms with Crippen LogP contribution < -0.4 is 10.1 Å². The number of aromatic nitrogens is 1. The van der Waals surface area contributed by atoms with Gasteiger partial charge in [0.15, 0.2) is 5.78 Å². The normalized spacial score (nSPS) is 11.6. The van der Waals surface area contributed by atoms with Crippen LogP contribution >= 0.6 is 0 Å². The van der Waals surface area contributed by atoms with Gasteiger partial charge >= 0.3 is 0 Å². The lowest BCUT2D eigenvalue weighted by Crippen LogP contribution is -2.21. The number of rotatable bonds is 6. The first kappa shape index (κ1) is 18.3. The molecule has 2 N–H and O–H groups in total. The molecule has 0 radical (unpaired) electrons. The minimum absolute atomic E-state index is 0.0830. The number of hydrogen-bond acceptors (Lipinski definition) is 4. The Hall–Kier alpha value is -4.04. The number of benzene rings is 3. The largest absolute Gasteiger partial charge is 0.497 e. The van der Waals surface area contributed by atoms with Gasteiger partial charge < -0.3 is 15.0 Å². The van der Waals surface area contributed by atoms with Gasteiger partial charge in [0, 0.05) is 34.4 Å². The van der Waals surface area contributed by atoms with Gasteiger partial charge in [-0.1, -0.05) is 36.4 Å². The number of nitriles is 1. The number of anilines is 1. The van der Waals surface area contributed by atoms with E-state index in [0.29, 0.717) is 16.9 Å². The number of ketones is 1. The first-order valence-corrected chi connectivity index (χ1v) is 9.20. The van der Waals surface area contributed by atoms with Crippen LogP contribution in [-0.4, -0.2) is 17.9 Å². The molecule has 0 aliphatic heterocycles. The van der Waals surface area contributed by atoms with Gasteiger partial charge in [0.1, 0.15) is 11.8 Å². The monoisotopic (exact) mass is 381 g/mol. The second kappa shape index (κ2) is 7.91. The number of Topliss-reactive ketones (excluding diaryl/α,β-unsaturated/α-hetero) is 1. The fraction of sp³-hybridized carbons (Fsp3) is 0.0833. The predicted octanol–water partition coefficient (Wildman–Crippen LogP) is 5.08. The van der Waals surface area contributed by atoms with E-state index in [-0.39, 0.29) is 5.78 Å². The molecule has 0 aliphatic carbocycles. The van der Waals surface area contributed by atoms with E-state index in [1.54, 1.807) is 25.4 Å². The number of carbonyl (C=O) groups excluding carboxylic acids is 1. The molecule has 0 aliphatic rings. The molecular formula is C24H19N3O2.